The fourth-order valence-electron chi connectivity index (χ4n) is 3.10. The molecule has 2 fully saturated rings. The van der Waals surface area contributed by atoms with Crippen LogP contribution in [0, 0.1) is 11.8 Å². The Morgan fingerprint density at radius 3 is 2.17 bits per heavy atom. The minimum atomic E-state index is -0.982. The predicted molar refractivity (Wildman–Crippen MR) is 85.4 cm³/mol. The first kappa shape index (κ1) is 16.6. The van der Waals surface area contributed by atoms with Crippen LogP contribution in [-0.2, 0) is 9.59 Å². The molecule has 24 heavy (non-hydrogen) atoms. The minimum Gasteiger partial charge on any atom is -0.550 e. The summed E-state index contributed by atoms with van der Waals surface area (Å²) in [5.74, 6) is -1.12. The lowest BCUT2D eigenvalue weighted by Gasteiger charge is -2.29. The molecular formula is C18H22N2O4. The molecule has 0 spiro atoms. The molecule has 1 aromatic carbocycles. The third-order valence-corrected chi connectivity index (χ3v) is 4.86. The number of carbonyl (C=O) groups is 3. The van der Waals surface area contributed by atoms with Crippen LogP contribution >= 0.6 is 0 Å². The van der Waals surface area contributed by atoms with E-state index in [1.165, 1.54) is 0 Å². The van der Waals surface area contributed by atoms with Crippen LogP contribution in [0.15, 0.2) is 24.3 Å². The molecule has 1 saturated carbocycles. The van der Waals surface area contributed by atoms with Gasteiger partial charge in [0.15, 0.2) is 0 Å². The second-order valence-corrected chi connectivity index (χ2v) is 6.78. The molecule has 3 rings (SSSR count). The summed E-state index contributed by atoms with van der Waals surface area (Å²) in [6, 6.07) is 6.98. The van der Waals surface area contributed by atoms with Crippen LogP contribution < -0.4 is 15.3 Å². The number of hydrogen-bond acceptors (Lipinski definition) is 4. The molecule has 0 aromatic heterocycles. The van der Waals surface area contributed by atoms with E-state index < -0.39 is 5.97 Å². The Kier molecular flexibility index (Phi) is 4.94. The zero-order valence-electron chi connectivity index (χ0n) is 13.5. The second kappa shape index (κ2) is 7.13. The molecule has 0 radical (unpaired) electrons. The van der Waals surface area contributed by atoms with E-state index in [1.54, 1.807) is 24.3 Å². The first-order valence-corrected chi connectivity index (χ1v) is 8.51. The molecule has 1 saturated heterocycles. The molecule has 6 nitrogen and oxygen atoms in total. The first-order valence-electron chi connectivity index (χ1n) is 8.51. The Bertz CT molecular complexity index is 629. The average Bonchev–Trinajstić information content (AvgIpc) is 3.41. The van der Waals surface area contributed by atoms with Crippen molar-refractivity contribution in [3.05, 3.63) is 29.8 Å². The molecule has 2 N–H and O–H groups in total. The summed E-state index contributed by atoms with van der Waals surface area (Å²) in [4.78, 5) is 36.0. The number of quaternary nitrogens is 1. The van der Waals surface area contributed by atoms with E-state index in [0.717, 1.165) is 17.7 Å². The van der Waals surface area contributed by atoms with Gasteiger partial charge in [0, 0.05) is 41.9 Å². The van der Waals surface area contributed by atoms with Crippen LogP contribution in [0.25, 0.3) is 0 Å². The van der Waals surface area contributed by atoms with E-state index >= 15 is 0 Å². The van der Waals surface area contributed by atoms with Crippen LogP contribution in [0.4, 0.5) is 5.69 Å². The highest BCUT2D eigenvalue weighted by Crippen LogP contribution is 2.30. The van der Waals surface area contributed by atoms with Crippen LogP contribution in [0.3, 0.4) is 0 Å². The topological polar surface area (TPSA) is 90.7 Å². The van der Waals surface area contributed by atoms with Gasteiger partial charge in [0.1, 0.15) is 6.54 Å². The number of nitrogens with one attached hydrogen (secondary N) is 2. The normalized spacial score (nSPS) is 23.5. The molecule has 1 heterocycles. The Morgan fingerprint density at radius 2 is 1.62 bits per heavy atom. The number of likely N-dealkylation sites (tertiary alicyclic amines) is 1. The van der Waals surface area contributed by atoms with Gasteiger partial charge < -0.3 is 20.1 Å². The summed E-state index contributed by atoms with van der Waals surface area (Å²) >= 11 is 0. The third kappa shape index (κ3) is 4.20. The summed E-state index contributed by atoms with van der Waals surface area (Å²) in [6.45, 7) is 1.73. The average molecular weight is 330 g/mol. The maximum absolute atomic E-state index is 12.3. The highest BCUT2D eigenvalue weighted by Gasteiger charge is 2.29. The molecule has 0 atom stereocenters. The van der Waals surface area contributed by atoms with E-state index in [4.69, 9.17) is 0 Å². The number of rotatable bonds is 6. The Morgan fingerprint density at radius 1 is 1.00 bits per heavy atom. The van der Waals surface area contributed by atoms with E-state index in [0.29, 0.717) is 43.7 Å². The van der Waals surface area contributed by atoms with Crippen molar-refractivity contribution in [1.82, 2.24) is 0 Å². The van der Waals surface area contributed by atoms with E-state index in [1.807, 2.05) is 0 Å². The molecule has 1 aliphatic carbocycles. The van der Waals surface area contributed by atoms with Crippen LogP contribution in [-0.4, -0.2) is 37.3 Å². The monoisotopic (exact) mass is 330 g/mol. The number of aliphatic carboxylic acids is 1. The number of Topliss-reactive ketones (excluding diaryl/α,β-unsaturated/α-hetero) is 1. The summed E-state index contributed by atoms with van der Waals surface area (Å²) in [5, 5.41) is 13.7. The smallest absolute Gasteiger partial charge is 0.227 e. The summed E-state index contributed by atoms with van der Waals surface area (Å²) < 4.78 is 0. The number of hydrogen-bond donors (Lipinski definition) is 2. The number of anilines is 1. The van der Waals surface area contributed by atoms with Gasteiger partial charge in [0.05, 0.1) is 13.1 Å². The molecule has 1 amide bonds. The highest BCUT2D eigenvalue weighted by molar-refractivity contribution is 5.98. The molecule has 6 heteroatoms. The van der Waals surface area contributed by atoms with Crippen LogP contribution in [0.1, 0.15) is 36.0 Å². The zero-order valence-corrected chi connectivity index (χ0v) is 13.5. The van der Waals surface area contributed by atoms with Crippen molar-refractivity contribution in [2.75, 3.05) is 25.0 Å². The number of ketones is 1. The molecule has 1 aliphatic heterocycles. The Labute approximate surface area is 140 Å². The summed E-state index contributed by atoms with van der Waals surface area (Å²) in [5.41, 5.74) is 1.33. The fourth-order valence-corrected chi connectivity index (χ4v) is 3.10. The minimum absolute atomic E-state index is 0.0389. The van der Waals surface area contributed by atoms with Crippen molar-refractivity contribution < 1.29 is 24.4 Å². The number of benzene rings is 1. The van der Waals surface area contributed by atoms with Gasteiger partial charge in [-0.25, -0.2) is 0 Å². The van der Waals surface area contributed by atoms with Gasteiger partial charge in [-0.1, -0.05) is 0 Å². The molecule has 0 bridgehead atoms. The van der Waals surface area contributed by atoms with E-state index in [2.05, 4.69) is 5.32 Å². The van der Waals surface area contributed by atoms with Gasteiger partial charge in [-0.2, -0.15) is 0 Å². The number of carboxylic acids is 1. The second-order valence-electron chi connectivity index (χ2n) is 6.78. The molecule has 0 unspecified atom stereocenters. The van der Waals surface area contributed by atoms with E-state index in [-0.39, 0.29) is 23.5 Å². The van der Waals surface area contributed by atoms with Crippen molar-refractivity contribution in [1.29, 1.82) is 0 Å². The van der Waals surface area contributed by atoms with Gasteiger partial charge >= 0.3 is 0 Å². The van der Waals surface area contributed by atoms with Crippen molar-refractivity contribution >= 4 is 23.3 Å². The third-order valence-electron chi connectivity index (χ3n) is 4.86. The van der Waals surface area contributed by atoms with Gasteiger partial charge in [0.25, 0.3) is 0 Å². The van der Waals surface area contributed by atoms with Gasteiger partial charge in [0.2, 0.25) is 11.7 Å². The predicted octanol–water partition coefficient (Wildman–Crippen LogP) is -0.737. The molecule has 1 aromatic rings. The maximum atomic E-state index is 12.3. The van der Waals surface area contributed by atoms with Crippen LogP contribution in [0.2, 0.25) is 0 Å². The maximum Gasteiger partial charge on any atom is 0.227 e. The van der Waals surface area contributed by atoms with Crippen molar-refractivity contribution in [2.45, 2.75) is 25.7 Å². The lowest BCUT2D eigenvalue weighted by Crippen LogP contribution is -3.14. The van der Waals surface area contributed by atoms with Gasteiger partial charge in [-0.3, -0.25) is 9.59 Å². The van der Waals surface area contributed by atoms with Crippen molar-refractivity contribution in [2.24, 2.45) is 11.8 Å². The number of amides is 1. The van der Waals surface area contributed by atoms with Gasteiger partial charge in [-0.05, 0) is 37.1 Å². The number of carbonyl (C=O) groups excluding carboxylic acids is 3. The zero-order chi connectivity index (χ0) is 17.1. The lowest BCUT2D eigenvalue weighted by molar-refractivity contribution is -0.897. The van der Waals surface area contributed by atoms with Crippen molar-refractivity contribution in [3.8, 4) is 0 Å². The Balaban J connectivity index is 1.50. The number of piperidine rings is 1. The fraction of sp³-hybridized carbons (Fsp3) is 0.500. The first-order chi connectivity index (χ1) is 11.5. The molecule has 128 valence electrons. The largest absolute Gasteiger partial charge is 0.550 e. The Hall–Kier alpha value is -2.21. The van der Waals surface area contributed by atoms with Crippen molar-refractivity contribution in [3.63, 3.8) is 0 Å². The lowest BCUT2D eigenvalue weighted by atomic mass is 9.97. The van der Waals surface area contributed by atoms with E-state index in [9.17, 15) is 19.5 Å². The standard InChI is InChI=1S/C18H22N2O4/c21-16(11-20-9-7-14(8-10-20)18(23)24)12-3-5-15(6-4-12)19-17(22)13-1-2-13/h3-6,13-14H,1-2,7-11H2,(H,19,22)(H,23,24). The van der Waals surface area contributed by atoms with Gasteiger partial charge in [-0.15, -0.1) is 0 Å². The SMILES string of the molecule is O=C(C[NH+]1CCC(C(=O)[O-])CC1)c1ccc(NC(=O)C2CC2)cc1. The number of carboxylic acid groups (broad SMARTS) is 1. The molecule has 2 aliphatic rings. The summed E-state index contributed by atoms with van der Waals surface area (Å²) in [6.07, 6.45) is 3.05. The quantitative estimate of drug-likeness (QED) is 0.673. The molecular weight excluding hydrogens is 308 g/mol. The highest BCUT2D eigenvalue weighted by atomic mass is 16.4. The van der Waals surface area contributed by atoms with Crippen LogP contribution in [0.5, 0.6) is 0 Å². The summed E-state index contributed by atoms with van der Waals surface area (Å²) in [7, 11) is 0.